The van der Waals surface area contributed by atoms with Crippen LogP contribution >= 0.6 is 0 Å². The van der Waals surface area contributed by atoms with Gasteiger partial charge in [0.1, 0.15) is 0 Å². The number of nitrogens with zero attached hydrogens (tertiary/aromatic N) is 5. The van der Waals surface area contributed by atoms with Crippen LogP contribution in [0.4, 0.5) is 5.82 Å². The molecule has 7 nitrogen and oxygen atoms in total. The Kier molecular flexibility index (Phi) is 5.95. The molecule has 0 aliphatic carbocycles. The summed E-state index contributed by atoms with van der Waals surface area (Å²) in [6, 6.07) is 11.7. The number of carbonyl (C=O) groups is 1. The number of pyridine rings is 2. The van der Waals surface area contributed by atoms with E-state index >= 15 is 0 Å². The third kappa shape index (κ3) is 4.86. The quantitative estimate of drug-likeness (QED) is 0.699. The molecule has 1 atom stereocenters. The average Bonchev–Trinajstić information content (AvgIpc) is 3.22. The molecule has 0 bridgehead atoms. The molecule has 1 aliphatic heterocycles. The lowest BCUT2D eigenvalue weighted by molar-refractivity contribution is 0.102. The smallest absolute Gasteiger partial charge is 0.258 e. The minimum absolute atomic E-state index is 0.189. The van der Waals surface area contributed by atoms with Crippen molar-refractivity contribution in [1.29, 1.82) is 0 Å². The number of amides is 1. The van der Waals surface area contributed by atoms with Crippen molar-refractivity contribution in [2.45, 2.75) is 38.8 Å². The summed E-state index contributed by atoms with van der Waals surface area (Å²) in [5.41, 5.74) is 2.68. The number of carbonyl (C=O) groups excluding carboxylic acids is 1. The number of rotatable bonds is 6. The van der Waals surface area contributed by atoms with E-state index in [1.807, 2.05) is 43.6 Å². The van der Waals surface area contributed by atoms with Gasteiger partial charge in [0.2, 0.25) is 0 Å². The molecule has 3 aromatic heterocycles. The third-order valence-electron chi connectivity index (χ3n) is 5.29. The van der Waals surface area contributed by atoms with Gasteiger partial charge in [-0.05, 0) is 50.6 Å². The molecule has 0 unspecified atom stereocenters. The molecule has 1 aliphatic rings. The maximum Gasteiger partial charge on any atom is 0.258 e. The fourth-order valence-electron chi connectivity index (χ4n) is 3.74. The van der Waals surface area contributed by atoms with E-state index in [2.05, 4.69) is 31.3 Å². The van der Waals surface area contributed by atoms with E-state index in [-0.39, 0.29) is 5.91 Å². The minimum atomic E-state index is -0.189. The summed E-state index contributed by atoms with van der Waals surface area (Å²) in [6.07, 6.45) is 7.61. The van der Waals surface area contributed by atoms with E-state index in [1.54, 1.807) is 16.9 Å². The first-order valence-corrected chi connectivity index (χ1v) is 10.1. The van der Waals surface area contributed by atoms with Crippen molar-refractivity contribution in [3.63, 3.8) is 0 Å². The Balaban J connectivity index is 1.37. The van der Waals surface area contributed by atoms with Crippen LogP contribution in [0.25, 0.3) is 0 Å². The number of nitrogens with one attached hydrogen (secondary N) is 1. The predicted octanol–water partition coefficient (Wildman–Crippen LogP) is 3.32. The van der Waals surface area contributed by atoms with Crippen molar-refractivity contribution < 1.29 is 4.79 Å². The molecule has 1 N–H and O–H groups in total. The van der Waals surface area contributed by atoms with E-state index in [4.69, 9.17) is 0 Å². The lowest BCUT2D eigenvalue weighted by atomic mass is 9.94. The largest absolute Gasteiger partial charge is 0.305 e. The van der Waals surface area contributed by atoms with Crippen molar-refractivity contribution in [1.82, 2.24) is 24.6 Å². The van der Waals surface area contributed by atoms with Gasteiger partial charge in [-0.2, -0.15) is 5.10 Å². The van der Waals surface area contributed by atoms with Gasteiger partial charge in [0, 0.05) is 55.9 Å². The van der Waals surface area contributed by atoms with Crippen LogP contribution in [0.3, 0.4) is 0 Å². The molecule has 0 aromatic carbocycles. The lowest BCUT2D eigenvalue weighted by Crippen LogP contribution is -2.34. The number of likely N-dealkylation sites (tertiary alicyclic amines) is 1. The summed E-state index contributed by atoms with van der Waals surface area (Å²) in [4.78, 5) is 23.9. The number of hydrogen-bond donors (Lipinski definition) is 1. The molecule has 4 heterocycles. The van der Waals surface area contributed by atoms with Gasteiger partial charge in [-0.1, -0.05) is 6.07 Å². The van der Waals surface area contributed by atoms with Crippen molar-refractivity contribution in [2.75, 3.05) is 18.4 Å². The second-order valence-corrected chi connectivity index (χ2v) is 7.38. The van der Waals surface area contributed by atoms with Crippen LogP contribution in [-0.2, 0) is 13.1 Å². The Morgan fingerprint density at radius 2 is 2.14 bits per heavy atom. The maximum absolute atomic E-state index is 12.4. The zero-order valence-electron chi connectivity index (χ0n) is 16.7. The molecule has 0 spiro atoms. The monoisotopic (exact) mass is 390 g/mol. The highest BCUT2D eigenvalue weighted by molar-refractivity contribution is 6.03. The highest BCUT2D eigenvalue weighted by Crippen LogP contribution is 2.26. The molecule has 150 valence electrons. The SMILES string of the molecule is CCn1ccc(NC(=O)c2ccc([C@H]3CCCN(Cc4ccccn4)C3)nc2)n1. The summed E-state index contributed by atoms with van der Waals surface area (Å²) in [5, 5.41) is 7.10. The van der Waals surface area contributed by atoms with Gasteiger partial charge >= 0.3 is 0 Å². The Morgan fingerprint density at radius 3 is 2.86 bits per heavy atom. The van der Waals surface area contributed by atoms with Gasteiger partial charge in [-0.3, -0.25) is 24.3 Å². The van der Waals surface area contributed by atoms with Crippen LogP contribution in [-0.4, -0.2) is 43.6 Å². The summed E-state index contributed by atoms with van der Waals surface area (Å²) >= 11 is 0. The molecule has 4 rings (SSSR count). The summed E-state index contributed by atoms with van der Waals surface area (Å²) in [7, 11) is 0. The zero-order chi connectivity index (χ0) is 20.1. The second kappa shape index (κ2) is 8.96. The van der Waals surface area contributed by atoms with Gasteiger partial charge < -0.3 is 5.32 Å². The molecule has 1 fully saturated rings. The Bertz CT molecular complexity index is 937. The summed E-state index contributed by atoms with van der Waals surface area (Å²) in [5.74, 6) is 0.744. The number of aryl methyl sites for hydroxylation is 1. The number of anilines is 1. The zero-order valence-corrected chi connectivity index (χ0v) is 16.7. The average molecular weight is 390 g/mol. The molecule has 3 aromatic rings. The van der Waals surface area contributed by atoms with Crippen molar-refractivity contribution in [2.24, 2.45) is 0 Å². The van der Waals surface area contributed by atoms with Crippen LogP contribution < -0.4 is 5.32 Å². The number of hydrogen-bond acceptors (Lipinski definition) is 5. The van der Waals surface area contributed by atoms with Gasteiger partial charge in [-0.15, -0.1) is 0 Å². The standard InChI is InChI=1S/C22H26N6O/c1-2-28-13-10-21(26-28)25-22(29)17-8-9-20(24-14-17)18-6-5-12-27(15-18)16-19-7-3-4-11-23-19/h3-4,7-11,13-14,18H,2,5-6,12,15-16H2,1H3,(H,25,26,29)/t18-/m0/s1. The second-order valence-electron chi connectivity index (χ2n) is 7.38. The van der Waals surface area contributed by atoms with Gasteiger partial charge in [-0.25, -0.2) is 0 Å². The summed E-state index contributed by atoms with van der Waals surface area (Å²) < 4.78 is 1.77. The molecule has 1 saturated heterocycles. The molecular formula is C22H26N6O. The van der Waals surface area contributed by atoms with Gasteiger partial charge in [0.15, 0.2) is 5.82 Å². The van der Waals surface area contributed by atoms with Crippen LogP contribution in [0.15, 0.2) is 55.0 Å². The number of aromatic nitrogens is 4. The molecule has 29 heavy (non-hydrogen) atoms. The molecule has 0 saturated carbocycles. The Labute approximate surface area is 170 Å². The summed E-state index contributed by atoms with van der Waals surface area (Å²) in [6.45, 7) is 5.68. The van der Waals surface area contributed by atoms with Crippen LogP contribution in [0.2, 0.25) is 0 Å². The van der Waals surface area contributed by atoms with Gasteiger partial charge in [0.25, 0.3) is 5.91 Å². The predicted molar refractivity (Wildman–Crippen MR) is 112 cm³/mol. The normalized spacial score (nSPS) is 17.2. The Hall–Kier alpha value is -3.06. The molecule has 7 heteroatoms. The molecular weight excluding hydrogens is 364 g/mol. The molecule has 0 radical (unpaired) electrons. The third-order valence-corrected chi connectivity index (χ3v) is 5.29. The fourth-order valence-corrected chi connectivity index (χ4v) is 3.74. The van der Waals surface area contributed by atoms with Crippen molar-refractivity contribution >= 4 is 11.7 Å². The topological polar surface area (TPSA) is 75.9 Å². The van der Waals surface area contributed by atoms with E-state index < -0.39 is 0 Å². The highest BCUT2D eigenvalue weighted by Gasteiger charge is 2.23. The van der Waals surface area contributed by atoms with E-state index in [0.717, 1.165) is 50.4 Å². The fraction of sp³-hybridized carbons (Fsp3) is 0.364. The molecule has 1 amide bonds. The van der Waals surface area contributed by atoms with Crippen molar-refractivity contribution in [3.8, 4) is 0 Å². The lowest BCUT2D eigenvalue weighted by Gasteiger charge is -2.32. The first kappa shape index (κ1) is 19.3. The number of piperidine rings is 1. The van der Waals surface area contributed by atoms with Gasteiger partial charge in [0.05, 0.1) is 11.3 Å². The first-order chi connectivity index (χ1) is 14.2. The van der Waals surface area contributed by atoms with Crippen LogP contribution in [0.5, 0.6) is 0 Å². The highest BCUT2D eigenvalue weighted by atomic mass is 16.1. The van der Waals surface area contributed by atoms with Crippen LogP contribution in [0, 0.1) is 0 Å². The maximum atomic E-state index is 12.4. The van der Waals surface area contributed by atoms with Crippen molar-refractivity contribution in [3.05, 3.63) is 71.9 Å². The first-order valence-electron chi connectivity index (χ1n) is 10.1. The Morgan fingerprint density at radius 1 is 1.21 bits per heavy atom. The van der Waals surface area contributed by atoms with E-state index in [0.29, 0.717) is 17.3 Å². The minimum Gasteiger partial charge on any atom is -0.305 e. The van der Waals surface area contributed by atoms with E-state index in [9.17, 15) is 4.79 Å². The van der Waals surface area contributed by atoms with Crippen LogP contribution in [0.1, 0.15) is 47.4 Å². The van der Waals surface area contributed by atoms with E-state index in [1.165, 1.54) is 0 Å².